The van der Waals surface area contributed by atoms with Crippen LogP contribution >= 0.6 is 0 Å². The van der Waals surface area contributed by atoms with E-state index in [0.717, 1.165) is 0 Å². The highest BCUT2D eigenvalue weighted by molar-refractivity contribution is 4.93. The van der Waals surface area contributed by atoms with E-state index in [1.54, 1.807) is 6.92 Å². The SMILES string of the molecule is C[C@H]1O[C@H](CN)[C@@H](O)[C@H](O)[C@H]1N. The van der Waals surface area contributed by atoms with Gasteiger partial charge in [0.15, 0.2) is 0 Å². The molecule has 0 aromatic heterocycles. The Morgan fingerprint density at radius 1 is 1.33 bits per heavy atom. The second kappa shape index (κ2) is 3.68. The number of hydrogen-bond donors (Lipinski definition) is 4. The van der Waals surface area contributed by atoms with Crippen molar-refractivity contribution in [3.63, 3.8) is 0 Å². The normalized spacial score (nSPS) is 49.2. The van der Waals surface area contributed by atoms with Gasteiger partial charge in [-0.3, -0.25) is 0 Å². The second-order valence-corrected chi connectivity index (χ2v) is 3.17. The third-order valence-electron chi connectivity index (χ3n) is 2.29. The zero-order valence-corrected chi connectivity index (χ0v) is 7.05. The molecule has 5 atom stereocenters. The quantitative estimate of drug-likeness (QED) is 0.362. The maximum absolute atomic E-state index is 9.41. The average Bonchev–Trinajstić information content (AvgIpc) is 2.08. The van der Waals surface area contributed by atoms with Crippen LogP contribution in [-0.2, 0) is 4.74 Å². The van der Waals surface area contributed by atoms with E-state index in [4.69, 9.17) is 16.2 Å². The Balaban J connectivity index is 2.63. The summed E-state index contributed by atoms with van der Waals surface area (Å²) in [5.41, 5.74) is 10.9. The highest BCUT2D eigenvalue weighted by atomic mass is 16.5. The summed E-state index contributed by atoms with van der Waals surface area (Å²) in [6, 6.07) is -0.539. The highest BCUT2D eigenvalue weighted by Crippen LogP contribution is 2.18. The molecule has 0 spiro atoms. The van der Waals surface area contributed by atoms with E-state index in [2.05, 4.69) is 0 Å². The minimum Gasteiger partial charge on any atom is -0.389 e. The molecular weight excluding hydrogens is 160 g/mol. The molecule has 1 aliphatic heterocycles. The van der Waals surface area contributed by atoms with E-state index < -0.39 is 24.4 Å². The molecule has 1 rings (SSSR count). The fourth-order valence-electron chi connectivity index (χ4n) is 1.37. The maximum Gasteiger partial charge on any atom is 0.109 e. The van der Waals surface area contributed by atoms with Crippen LogP contribution in [0.4, 0.5) is 0 Å². The van der Waals surface area contributed by atoms with E-state index >= 15 is 0 Å². The van der Waals surface area contributed by atoms with Crippen LogP contribution < -0.4 is 11.5 Å². The first-order valence-electron chi connectivity index (χ1n) is 4.05. The molecule has 1 fully saturated rings. The molecular formula is C7H16N2O3. The topological polar surface area (TPSA) is 102 Å². The van der Waals surface area contributed by atoms with Crippen molar-refractivity contribution in [2.24, 2.45) is 11.5 Å². The molecule has 6 N–H and O–H groups in total. The van der Waals surface area contributed by atoms with Crippen LogP contribution in [0.2, 0.25) is 0 Å². The van der Waals surface area contributed by atoms with Crippen LogP contribution in [0.5, 0.6) is 0 Å². The average molecular weight is 176 g/mol. The first-order chi connectivity index (χ1) is 5.57. The largest absolute Gasteiger partial charge is 0.389 e. The molecule has 0 bridgehead atoms. The number of hydrogen-bond acceptors (Lipinski definition) is 5. The van der Waals surface area contributed by atoms with Crippen LogP contribution in [-0.4, -0.2) is 47.2 Å². The van der Waals surface area contributed by atoms with Gasteiger partial charge in [-0.15, -0.1) is 0 Å². The van der Waals surface area contributed by atoms with Gasteiger partial charge in [-0.1, -0.05) is 0 Å². The van der Waals surface area contributed by atoms with E-state index in [9.17, 15) is 10.2 Å². The lowest BCUT2D eigenvalue weighted by Crippen LogP contribution is -2.61. The van der Waals surface area contributed by atoms with Gasteiger partial charge in [0.2, 0.25) is 0 Å². The molecule has 5 heteroatoms. The van der Waals surface area contributed by atoms with Crippen molar-refractivity contribution in [3.05, 3.63) is 0 Å². The predicted molar refractivity (Wildman–Crippen MR) is 43.4 cm³/mol. The molecule has 72 valence electrons. The molecule has 1 aliphatic rings. The van der Waals surface area contributed by atoms with E-state index in [1.165, 1.54) is 0 Å². The second-order valence-electron chi connectivity index (χ2n) is 3.17. The minimum absolute atomic E-state index is 0.190. The summed E-state index contributed by atoms with van der Waals surface area (Å²) in [6.45, 7) is 1.94. The van der Waals surface area contributed by atoms with Gasteiger partial charge in [0, 0.05) is 6.54 Å². The molecule has 1 heterocycles. The van der Waals surface area contributed by atoms with Gasteiger partial charge in [-0.2, -0.15) is 0 Å². The van der Waals surface area contributed by atoms with Crippen LogP contribution in [0.1, 0.15) is 6.92 Å². The minimum atomic E-state index is -0.971. The summed E-state index contributed by atoms with van der Waals surface area (Å²) in [6.07, 6.45) is -2.68. The molecule has 12 heavy (non-hydrogen) atoms. The molecule has 0 aliphatic carbocycles. The summed E-state index contributed by atoms with van der Waals surface area (Å²) >= 11 is 0. The number of aliphatic hydroxyl groups is 2. The van der Waals surface area contributed by atoms with Crippen molar-refractivity contribution in [2.75, 3.05) is 6.54 Å². The lowest BCUT2D eigenvalue weighted by atomic mass is 9.94. The van der Waals surface area contributed by atoms with Crippen LogP contribution in [0.15, 0.2) is 0 Å². The van der Waals surface area contributed by atoms with Crippen molar-refractivity contribution >= 4 is 0 Å². The Labute approximate surface area is 71.3 Å². The summed E-state index contributed by atoms with van der Waals surface area (Å²) in [7, 11) is 0. The third-order valence-corrected chi connectivity index (χ3v) is 2.29. The Morgan fingerprint density at radius 2 is 1.92 bits per heavy atom. The van der Waals surface area contributed by atoms with Crippen LogP contribution in [0.3, 0.4) is 0 Å². The molecule has 0 unspecified atom stereocenters. The first-order valence-corrected chi connectivity index (χ1v) is 4.05. The van der Waals surface area contributed by atoms with Gasteiger partial charge < -0.3 is 26.4 Å². The van der Waals surface area contributed by atoms with Gasteiger partial charge in [0.25, 0.3) is 0 Å². The zero-order chi connectivity index (χ0) is 9.30. The summed E-state index contributed by atoms with van der Waals surface area (Å²) in [5, 5.41) is 18.8. The Morgan fingerprint density at radius 3 is 2.42 bits per heavy atom. The maximum atomic E-state index is 9.41. The Kier molecular flexibility index (Phi) is 3.03. The molecule has 5 nitrogen and oxygen atoms in total. The highest BCUT2D eigenvalue weighted by Gasteiger charge is 2.39. The third kappa shape index (κ3) is 1.60. The summed E-state index contributed by atoms with van der Waals surface area (Å²) in [5.74, 6) is 0. The standard InChI is InChI=1S/C7H16N2O3/c1-3-5(9)7(11)6(10)4(2-8)12-3/h3-7,10-11H,2,8-9H2,1H3/t3-,4-,5+,6-,7-/m1/s1. The molecule has 0 aromatic rings. The molecule has 0 saturated carbocycles. The van der Waals surface area contributed by atoms with Gasteiger partial charge in [-0.05, 0) is 6.92 Å². The Hall–Kier alpha value is -0.200. The van der Waals surface area contributed by atoms with Crippen molar-refractivity contribution in [1.29, 1.82) is 0 Å². The molecule has 0 radical (unpaired) electrons. The number of ether oxygens (including phenoxy) is 1. The summed E-state index contributed by atoms with van der Waals surface area (Å²) < 4.78 is 5.27. The van der Waals surface area contributed by atoms with Crippen molar-refractivity contribution < 1.29 is 14.9 Å². The first kappa shape index (κ1) is 9.88. The van der Waals surface area contributed by atoms with Gasteiger partial charge in [-0.25, -0.2) is 0 Å². The lowest BCUT2D eigenvalue weighted by Gasteiger charge is -2.39. The van der Waals surface area contributed by atoms with Crippen LogP contribution in [0.25, 0.3) is 0 Å². The van der Waals surface area contributed by atoms with E-state index in [-0.39, 0.29) is 12.6 Å². The van der Waals surface area contributed by atoms with Crippen molar-refractivity contribution in [1.82, 2.24) is 0 Å². The van der Waals surface area contributed by atoms with E-state index in [0.29, 0.717) is 0 Å². The number of nitrogens with two attached hydrogens (primary N) is 2. The monoisotopic (exact) mass is 176 g/mol. The Bertz CT molecular complexity index is 151. The number of rotatable bonds is 1. The summed E-state index contributed by atoms with van der Waals surface area (Å²) in [4.78, 5) is 0. The fraction of sp³-hybridized carbons (Fsp3) is 1.00. The zero-order valence-electron chi connectivity index (χ0n) is 7.05. The van der Waals surface area contributed by atoms with Gasteiger partial charge >= 0.3 is 0 Å². The van der Waals surface area contributed by atoms with Gasteiger partial charge in [0.1, 0.15) is 12.2 Å². The number of aliphatic hydroxyl groups excluding tert-OH is 2. The fourth-order valence-corrected chi connectivity index (χ4v) is 1.37. The predicted octanol–water partition coefficient (Wildman–Crippen LogP) is -2.22. The smallest absolute Gasteiger partial charge is 0.109 e. The lowest BCUT2D eigenvalue weighted by molar-refractivity contribution is -0.169. The van der Waals surface area contributed by atoms with Crippen molar-refractivity contribution in [2.45, 2.75) is 37.4 Å². The van der Waals surface area contributed by atoms with Crippen molar-refractivity contribution in [3.8, 4) is 0 Å². The molecule has 1 saturated heterocycles. The van der Waals surface area contributed by atoms with Gasteiger partial charge in [0.05, 0.1) is 18.2 Å². The molecule has 0 aromatic carbocycles. The molecule has 0 amide bonds. The van der Waals surface area contributed by atoms with E-state index in [1.807, 2.05) is 0 Å². The van der Waals surface area contributed by atoms with Crippen LogP contribution in [0, 0.1) is 0 Å².